The molecule has 1 aliphatic heterocycles. The van der Waals surface area contributed by atoms with Gasteiger partial charge < -0.3 is 10.3 Å². The van der Waals surface area contributed by atoms with Crippen molar-refractivity contribution in [3.8, 4) is 10.6 Å². The molecule has 32 heavy (non-hydrogen) atoms. The van der Waals surface area contributed by atoms with Gasteiger partial charge in [-0.2, -0.15) is 4.98 Å². The number of nitrogens with one attached hydrogen (secondary N) is 2. The van der Waals surface area contributed by atoms with E-state index in [9.17, 15) is 0 Å². The van der Waals surface area contributed by atoms with Gasteiger partial charge in [-0.05, 0) is 67.2 Å². The van der Waals surface area contributed by atoms with Crippen LogP contribution in [0.4, 0.5) is 11.6 Å². The minimum atomic E-state index is 0.608. The Morgan fingerprint density at radius 2 is 1.78 bits per heavy atom. The number of piperidine rings is 1. The van der Waals surface area contributed by atoms with Gasteiger partial charge >= 0.3 is 0 Å². The summed E-state index contributed by atoms with van der Waals surface area (Å²) in [6.07, 6.45) is 5.93. The third-order valence-electron chi connectivity index (χ3n) is 6.14. The predicted molar refractivity (Wildman–Crippen MR) is 134 cm³/mol. The lowest BCUT2D eigenvalue weighted by Crippen LogP contribution is -2.29. The summed E-state index contributed by atoms with van der Waals surface area (Å²) in [5.41, 5.74) is 4.16. The number of hydrogen-bond acceptors (Lipinski definition) is 5. The van der Waals surface area contributed by atoms with E-state index in [1.807, 2.05) is 12.3 Å². The molecule has 0 spiro atoms. The van der Waals surface area contributed by atoms with Crippen molar-refractivity contribution in [1.29, 1.82) is 0 Å². The van der Waals surface area contributed by atoms with Gasteiger partial charge in [-0.3, -0.25) is 4.90 Å². The Morgan fingerprint density at radius 3 is 2.62 bits per heavy atom. The van der Waals surface area contributed by atoms with Gasteiger partial charge in [-0.1, -0.05) is 36.8 Å². The zero-order chi connectivity index (χ0) is 21.3. The highest BCUT2D eigenvalue weighted by molar-refractivity contribution is 7.22. The van der Waals surface area contributed by atoms with Crippen LogP contribution in [0, 0.1) is 0 Å². The van der Waals surface area contributed by atoms with E-state index in [2.05, 4.69) is 69.8 Å². The lowest BCUT2D eigenvalue weighted by Gasteiger charge is -2.26. The average molecular weight is 440 g/mol. The van der Waals surface area contributed by atoms with E-state index in [0.717, 1.165) is 33.8 Å². The zero-order valence-electron chi connectivity index (χ0n) is 17.8. The number of fused-ring (bicyclic) bond motifs is 2. The van der Waals surface area contributed by atoms with E-state index in [-0.39, 0.29) is 0 Å². The zero-order valence-corrected chi connectivity index (χ0v) is 18.7. The molecule has 3 aromatic heterocycles. The third-order valence-corrected chi connectivity index (χ3v) is 7.26. The van der Waals surface area contributed by atoms with Crippen LogP contribution in [-0.2, 0) is 6.54 Å². The van der Waals surface area contributed by atoms with Crippen molar-refractivity contribution in [3.05, 3.63) is 72.4 Å². The number of anilines is 2. The number of aromatic nitrogens is 3. The fourth-order valence-electron chi connectivity index (χ4n) is 4.48. The molecule has 2 aromatic carbocycles. The monoisotopic (exact) mass is 439 g/mol. The third kappa shape index (κ3) is 3.87. The van der Waals surface area contributed by atoms with Crippen molar-refractivity contribution in [3.63, 3.8) is 0 Å². The van der Waals surface area contributed by atoms with Crippen LogP contribution in [0.25, 0.3) is 31.7 Å². The van der Waals surface area contributed by atoms with Crippen LogP contribution < -0.4 is 5.32 Å². The van der Waals surface area contributed by atoms with Gasteiger partial charge in [0.2, 0.25) is 5.95 Å². The fraction of sp³-hybridized carbons (Fsp3) is 0.231. The molecule has 0 atom stereocenters. The number of aromatic amines is 1. The van der Waals surface area contributed by atoms with Gasteiger partial charge in [-0.25, -0.2) is 4.98 Å². The molecule has 5 aromatic rings. The first kappa shape index (κ1) is 19.5. The summed E-state index contributed by atoms with van der Waals surface area (Å²) < 4.78 is 1.27. The molecule has 1 aliphatic rings. The molecule has 0 saturated carbocycles. The highest BCUT2D eigenvalue weighted by atomic mass is 32.1. The summed E-state index contributed by atoms with van der Waals surface area (Å²) in [5, 5.41) is 5.69. The molecule has 0 unspecified atom stereocenters. The molecular formula is C26H25N5S. The maximum absolute atomic E-state index is 4.91. The Balaban J connectivity index is 1.28. The van der Waals surface area contributed by atoms with Gasteiger partial charge in [0, 0.05) is 28.5 Å². The Kier molecular flexibility index (Phi) is 5.09. The lowest BCUT2D eigenvalue weighted by atomic mass is 10.1. The van der Waals surface area contributed by atoms with Gasteiger partial charge in [0.05, 0.1) is 10.6 Å². The Hall–Kier alpha value is -3.22. The van der Waals surface area contributed by atoms with E-state index in [1.54, 1.807) is 11.3 Å². The molecule has 4 heterocycles. The Bertz CT molecular complexity index is 1330. The number of hydrogen-bond donors (Lipinski definition) is 2. The maximum atomic E-state index is 4.91. The van der Waals surface area contributed by atoms with Crippen LogP contribution >= 0.6 is 11.3 Å². The van der Waals surface area contributed by atoms with Crippen LogP contribution in [0.3, 0.4) is 0 Å². The molecule has 0 bridgehead atoms. The molecule has 160 valence electrons. The van der Waals surface area contributed by atoms with E-state index in [4.69, 9.17) is 9.97 Å². The summed E-state index contributed by atoms with van der Waals surface area (Å²) in [6.45, 7) is 3.45. The second kappa shape index (κ2) is 8.37. The standard InChI is InChI=1S/C26H25N5S/c1-4-14-31(15-5-1)17-18-8-10-20(11-9-18)28-26-29-24(21-12-13-27-25(21)30-26)23-16-19-6-2-3-7-22(19)32-23/h2-3,6-13,16H,1,4-5,14-15,17H2,(H2,27,28,29,30). The quantitative estimate of drug-likeness (QED) is 0.325. The Morgan fingerprint density at radius 1 is 0.938 bits per heavy atom. The second-order valence-electron chi connectivity index (χ2n) is 8.44. The van der Waals surface area contributed by atoms with E-state index >= 15 is 0 Å². The second-order valence-corrected chi connectivity index (χ2v) is 9.53. The van der Waals surface area contributed by atoms with Crippen molar-refractivity contribution in [2.75, 3.05) is 18.4 Å². The molecule has 0 radical (unpaired) electrons. The highest BCUT2D eigenvalue weighted by Crippen LogP contribution is 2.36. The largest absolute Gasteiger partial charge is 0.346 e. The summed E-state index contributed by atoms with van der Waals surface area (Å²) in [6, 6.07) is 21.4. The SMILES string of the molecule is c1ccc2sc(-c3nc(Nc4ccc(CN5CCCCC5)cc4)nc4[nH]ccc34)cc2c1. The van der Waals surface area contributed by atoms with E-state index < -0.39 is 0 Å². The van der Waals surface area contributed by atoms with E-state index in [1.165, 1.54) is 48.0 Å². The topological polar surface area (TPSA) is 56.8 Å². The molecule has 6 heteroatoms. The normalized spacial score (nSPS) is 14.9. The first-order valence-corrected chi connectivity index (χ1v) is 12.1. The number of H-pyrrole nitrogens is 1. The molecule has 1 saturated heterocycles. The van der Waals surface area contributed by atoms with Crippen LogP contribution in [0.5, 0.6) is 0 Å². The molecule has 0 aliphatic carbocycles. The molecule has 0 amide bonds. The first-order chi connectivity index (χ1) is 15.8. The highest BCUT2D eigenvalue weighted by Gasteiger charge is 2.14. The molecule has 6 rings (SSSR count). The molecule has 1 fully saturated rings. The number of benzene rings is 2. The van der Waals surface area contributed by atoms with E-state index in [0.29, 0.717) is 5.95 Å². The molecular weight excluding hydrogens is 414 g/mol. The molecule has 5 nitrogen and oxygen atoms in total. The van der Waals surface area contributed by atoms with Gasteiger partial charge in [0.15, 0.2) is 0 Å². The van der Waals surface area contributed by atoms with Crippen molar-refractivity contribution in [2.24, 2.45) is 0 Å². The fourth-order valence-corrected chi connectivity index (χ4v) is 5.55. The van der Waals surface area contributed by atoms with Crippen molar-refractivity contribution in [1.82, 2.24) is 19.9 Å². The van der Waals surface area contributed by atoms with Crippen LogP contribution in [0.15, 0.2) is 66.9 Å². The first-order valence-electron chi connectivity index (χ1n) is 11.2. The van der Waals surface area contributed by atoms with Crippen molar-refractivity contribution < 1.29 is 0 Å². The number of rotatable bonds is 5. The Labute approximate surface area is 191 Å². The number of nitrogens with zero attached hydrogens (tertiary/aromatic N) is 3. The number of thiophene rings is 1. The minimum Gasteiger partial charge on any atom is -0.346 e. The van der Waals surface area contributed by atoms with Crippen LogP contribution in [-0.4, -0.2) is 32.9 Å². The minimum absolute atomic E-state index is 0.608. The summed E-state index contributed by atoms with van der Waals surface area (Å²) in [5.74, 6) is 0.608. The summed E-state index contributed by atoms with van der Waals surface area (Å²) >= 11 is 1.77. The predicted octanol–water partition coefficient (Wildman–Crippen LogP) is 6.57. The summed E-state index contributed by atoms with van der Waals surface area (Å²) in [7, 11) is 0. The molecule has 2 N–H and O–H groups in total. The average Bonchev–Trinajstić information content (AvgIpc) is 3.47. The smallest absolute Gasteiger partial charge is 0.229 e. The lowest BCUT2D eigenvalue weighted by molar-refractivity contribution is 0.221. The summed E-state index contributed by atoms with van der Waals surface area (Å²) in [4.78, 5) is 16.6. The number of likely N-dealkylation sites (tertiary alicyclic amines) is 1. The van der Waals surface area contributed by atoms with Gasteiger partial charge in [-0.15, -0.1) is 11.3 Å². The van der Waals surface area contributed by atoms with Gasteiger partial charge in [0.25, 0.3) is 0 Å². The van der Waals surface area contributed by atoms with Crippen LogP contribution in [0.2, 0.25) is 0 Å². The maximum Gasteiger partial charge on any atom is 0.229 e. The van der Waals surface area contributed by atoms with Crippen molar-refractivity contribution in [2.45, 2.75) is 25.8 Å². The van der Waals surface area contributed by atoms with Crippen LogP contribution in [0.1, 0.15) is 24.8 Å². The van der Waals surface area contributed by atoms with Crippen molar-refractivity contribution >= 4 is 44.1 Å². The van der Waals surface area contributed by atoms with Gasteiger partial charge in [0.1, 0.15) is 5.65 Å².